The van der Waals surface area contributed by atoms with Gasteiger partial charge in [0.1, 0.15) is 11.9 Å². The summed E-state index contributed by atoms with van der Waals surface area (Å²) in [5.74, 6) is 2.46. The zero-order valence-corrected chi connectivity index (χ0v) is 23.8. The largest absolute Gasteiger partial charge is 0.352 e. The van der Waals surface area contributed by atoms with Gasteiger partial charge in [-0.25, -0.2) is 9.39 Å². The maximum absolute atomic E-state index is 12.6. The molecule has 6 heterocycles. The predicted molar refractivity (Wildman–Crippen MR) is 156 cm³/mol. The fraction of sp³-hybridized carbons (Fsp3) is 0.667. The number of likely N-dealkylation sites (tertiary alicyclic amines) is 1. The number of aliphatic imine (C=N–C) groups is 2. The number of piperidine rings is 2. The highest BCUT2D eigenvalue weighted by atomic mass is 32.2. The van der Waals surface area contributed by atoms with Crippen molar-refractivity contribution in [3.63, 3.8) is 0 Å². The summed E-state index contributed by atoms with van der Waals surface area (Å²) >= 11 is 1.57. The molecule has 0 aliphatic carbocycles. The van der Waals surface area contributed by atoms with E-state index in [1.807, 2.05) is 12.4 Å². The third-order valence-corrected chi connectivity index (χ3v) is 8.92. The molecule has 0 saturated carbocycles. The number of nitrogens with zero attached hydrogens (tertiary/aromatic N) is 7. The molecular formula is C27H40N10OS. The average Bonchev–Trinajstić information content (AvgIpc) is 3.65. The lowest BCUT2D eigenvalue weighted by molar-refractivity contribution is -0.122. The van der Waals surface area contributed by atoms with Crippen LogP contribution in [0.25, 0.3) is 0 Å². The van der Waals surface area contributed by atoms with Crippen molar-refractivity contribution >= 4 is 35.2 Å². The van der Waals surface area contributed by atoms with E-state index >= 15 is 0 Å². The van der Waals surface area contributed by atoms with Crippen LogP contribution in [0.5, 0.6) is 0 Å². The molecule has 0 bridgehead atoms. The first kappa shape index (κ1) is 26.5. The van der Waals surface area contributed by atoms with Crippen molar-refractivity contribution in [1.82, 2.24) is 35.5 Å². The van der Waals surface area contributed by atoms with Crippen LogP contribution in [0.15, 0.2) is 38.7 Å². The number of amidine groups is 2. The standard InChI is InChI=1S/C27H40N10OS/c1-18-4-3-9-35(13-18)16-22-10-25(39-34-22)33-26-27-29-12-23(37(27)14-19(2)31-26)20-11-30-36(15-20)17-24(38)32-21-5-7-28-8-6-21/h11,14-15,18,21,23,25,28H,3-10,12-13,16-17H2,1-2H3,(H,31,33)(H,32,38). The minimum atomic E-state index is 0.0118. The summed E-state index contributed by atoms with van der Waals surface area (Å²) < 4.78 is 6.50. The Morgan fingerprint density at radius 1 is 1.28 bits per heavy atom. The number of nitrogens with one attached hydrogen (secondary N) is 3. The first-order valence-electron chi connectivity index (χ1n) is 14.3. The van der Waals surface area contributed by atoms with Crippen molar-refractivity contribution in [2.45, 2.75) is 70.0 Å². The van der Waals surface area contributed by atoms with Crippen molar-refractivity contribution < 1.29 is 4.79 Å². The molecule has 3 N–H and O–H groups in total. The minimum Gasteiger partial charge on any atom is -0.352 e. The Labute approximate surface area is 234 Å². The number of allylic oxidation sites excluding steroid dienone is 1. The third-order valence-electron chi connectivity index (χ3n) is 8.04. The maximum atomic E-state index is 12.6. The number of rotatable bonds is 7. The van der Waals surface area contributed by atoms with Gasteiger partial charge in [-0.3, -0.25) is 19.4 Å². The summed E-state index contributed by atoms with van der Waals surface area (Å²) in [7, 11) is 0. The minimum absolute atomic E-state index is 0.0118. The summed E-state index contributed by atoms with van der Waals surface area (Å²) in [6, 6.07) is 0.284. The molecule has 3 unspecified atom stereocenters. The molecule has 11 nitrogen and oxygen atoms in total. The summed E-state index contributed by atoms with van der Waals surface area (Å²) in [4.78, 5) is 27.2. The Bertz CT molecular complexity index is 1180. The van der Waals surface area contributed by atoms with Crippen molar-refractivity contribution in [3.05, 3.63) is 29.9 Å². The van der Waals surface area contributed by atoms with Crippen LogP contribution in [0.4, 0.5) is 0 Å². The van der Waals surface area contributed by atoms with E-state index in [0.717, 1.165) is 67.7 Å². The molecule has 5 aliphatic rings. The molecular weight excluding hydrogens is 512 g/mol. The van der Waals surface area contributed by atoms with E-state index < -0.39 is 0 Å². The van der Waals surface area contributed by atoms with Gasteiger partial charge in [-0.1, -0.05) is 6.92 Å². The Kier molecular flexibility index (Phi) is 8.03. The molecule has 12 heteroatoms. The molecule has 0 spiro atoms. The van der Waals surface area contributed by atoms with Crippen LogP contribution in [-0.2, 0) is 11.3 Å². The number of fused-ring (bicyclic) bond motifs is 1. The quantitative estimate of drug-likeness (QED) is 0.443. The number of amides is 1. The summed E-state index contributed by atoms with van der Waals surface area (Å²) in [5.41, 5.74) is 3.32. The maximum Gasteiger partial charge on any atom is 0.241 e. The zero-order chi connectivity index (χ0) is 26.8. The van der Waals surface area contributed by atoms with Gasteiger partial charge in [-0.15, -0.1) is 0 Å². The second kappa shape index (κ2) is 11.8. The fourth-order valence-electron chi connectivity index (χ4n) is 6.11. The molecule has 1 aromatic rings. The van der Waals surface area contributed by atoms with Gasteiger partial charge in [-0.05, 0) is 58.2 Å². The van der Waals surface area contributed by atoms with Gasteiger partial charge in [0.2, 0.25) is 5.91 Å². The second-order valence-corrected chi connectivity index (χ2v) is 12.4. The van der Waals surface area contributed by atoms with Crippen molar-refractivity contribution in [1.29, 1.82) is 0 Å². The Balaban J connectivity index is 1.06. The Hall–Kier alpha value is -2.70. The fourth-order valence-corrected chi connectivity index (χ4v) is 6.93. The van der Waals surface area contributed by atoms with Crippen LogP contribution in [0.3, 0.4) is 0 Å². The van der Waals surface area contributed by atoms with E-state index in [-0.39, 0.29) is 29.9 Å². The number of carbonyl (C=O) groups is 1. The molecule has 1 aromatic heterocycles. The number of hydrogen-bond acceptors (Lipinski definition) is 9. The number of aromatic nitrogens is 2. The summed E-state index contributed by atoms with van der Waals surface area (Å²) in [6.45, 7) is 10.5. The SMILES string of the molecule is CC1=CN2C(=NCC2c2cnn(CC(=O)NC3CCNCC3)c2)C(=NC2CC(CN3CCCC(C)C3)=NS2)N1. The number of hydrogen-bond donors (Lipinski definition) is 3. The van der Waals surface area contributed by atoms with E-state index in [1.165, 1.54) is 31.6 Å². The van der Waals surface area contributed by atoms with E-state index in [0.29, 0.717) is 6.54 Å². The molecule has 0 aromatic carbocycles. The second-order valence-electron chi connectivity index (χ2n) is 11.5. The Morgan fingerprint density at radius 3 is 3.00 bits per heavy atom. The monoisotopic (exact) mass is 552 g/mol. The van der Waals surface area contributed by atoms with Gasteiger partial charge in [0.15, 0.2) is 11.7 Å². The van der Waals surface area contributed by atoms with E-state index in [9.17, 15) is 4.79 Å². The molecule has 2 saturated heterocycles. The zero-order valence-electron chi connectivity index (χ0n) is 23.0. The lowest BCUT2D eigenvalue weighted by Crippen LogP contribution is -2.44. The van der Waals surface area contributed by atoms with Gasteiger partial charge < -0.3 is 20.9 Å². The van der Waals surface area contributed by atoms with Crippen LogP contribution in [0.1, 0.15) is 57.6 Å². The highest BCUT2D eigenvalue weighted by molar-refractivity contribution is 7.99. The average molecular weight is 553 g/mol. The first-order chi connectivity index (χ1) is 19.0. The molecule has 5 aliphatic heterocycles. The van der Waals surface area contributed by atoms with E-state index in [4.69, 9.17) is 14.4 Å². The van der Waals surface area contributed by atoms with Gasteiger partial charge >= 0.3 is 0 Å². The normalized spacial score (nSPS) is 29.1. The van der Waals surface area contributed by atoms with Crippen molar-refractivity contribution in [3.8, 4) is 0 Å². The predicted octanol–water partition coefficient (Wildman–Crippen LogP) is 1.92. The smallest absolute Gasteiger partial charge is 0.241 e. The van der Waals surface area contributed by atoms with Gasteiger partial charge in [0, 0.05) is 66.9 Å². The Morgan fingerprint density at radius 2 is 2.15 bits per heavy atom. The van der Waals surface area contributed by atoms with Crippen molar-refractivity contribution in [2.24, 2.45) is 20.3 Å². The lowest BCUT2D eigenvalue weighted by Gasteiger charge is -2.30. The van der Waals surface area contributed by atoms with E-state index in [1.54, 1.807) is 16.6 Å². The molecule has 6 rings (SSSR count). The first-order valence-corrected chi connectivity index (χ1v) is 15.2. The topological polar surface area (TPSA) is 115 Å². The highest BCUT2D eigenvalue weighted by Crippen LogP contribution is 2.32. The lowest BCUT2D eigenvalue weighted by atomic mass is 10.00. The van der Waals surface area contributed by atoms with Gasteiger partial charge in [0.25, 0.3) is 0 Å². The molecule has 210 valence electrons. The van der Waals surface area contributed by atoms with Crippen LogP contribution in [0, 0.1) is 5.92 Å². The van der Waals surface area contributed by atoms with Crippen LogP contribution >= 0.6 is 11.9 Å². The summed E-state index contributed by atoms with van der Waals surface area (Å²) in [5, 5.41) is 14.5. The van der Waals surface area contributed by atoms with Crippen molar-refractivity contribution in [2.75, 3.05) is 39.3 Å². The van der Waals surface area contributed by atoms with Crippen LogP contribution in [0.2, 0.25) is 0 Å². The van der Waals surface area contributed by atoms with Gasteiger partial charge in [0.05, 0.1) is 18.8 Å². The number of carbonyl (C=O) groups excluding carboxylic acids is 1. The molecule has 2 fully saturated rings. The summed E-state index contributed by atoms with van der Waals surface area (Å²) in [6.07, 6.45) is 11.4. The van der Waals surface area contributed by atoms with Gasteiger partial charge in [-0.2, -0.15) is 5.10 Å². The molecule has 0 radical (unpaired) electrons. The molecule has 3 atom stereocenters. The van der Waals surface area contributed by atoms with E-state index in [2.05, 4.69) is 50.9 Å². The highest BCUT2D eigenvalue weighted by Gasteiger charge is 2.35. The van der Waals surface area contributed by atoms with Crippen LogP contribution < -0.4 is 16.0 Å². The molecule has 39 heavy (non-hydrogen) atoms. The van der Waals surface area contributed by atoms with Crippen LogP contribution in [-0.4, -0.2) is 93.6 Å². The third kappa shape index (κ3) is 6.38. The molecule has 1 amide bonds.